The molecule has 0 amide bonds. The Hall–Kier alpha value is -1.24. The van der Waals surface area contributed by atoms with Crippen molar-refractivity contribution in [2.45, 2.75) is 5.75 Å². The SMILES string of the molecule is Cl.N=C(N=C(N)N)SCc1ccc2ccccc2c1Br. The van der Waals surface area contributed by atoms with Crippen LogP contribution in [-0.2, 0) is 5.75 Å². The summed E-state index contributed by atoms with van der Waals surface area (Å²) in [5.41, 5.74) is 11.6. The van der Waals surface area contributed by atoms with E-state index in [4.69, 9.17) is 16.9 Å². The van der Waals surface area contributed by atoms with Crippen molar-refractivity contribution >= 4 is 62.0 Å². The molecular formula is C13H14BrClN4S. The molecule has 0 atom stereocenters. The van der Waals surface area contributed by atoms with Crippen LogP contribution in [0.2, 0.25) is 0 Å². The van der Waals surface area contributed by atoms with E-state index in [1.165, 1.54) is 17.1 Å². The van der Waals surface area contributed by atoms with Crippen LogP contribution in [0.15, 0.2) is 45.9 Å². The summed E-state index contributed by atoms with van der Waals surface area (Å²) in [7, 11) is 0. The number of thioether (sulfide) groups is 1. The van der Waals surface area contributed by atoms with Gasteiger partial charge in [0.2, 0.25) is 0 Å². The first-order valence-corrected chi connectivity index (χ1v) is 7.33. The van der Waals surface area contributed by atoms with E-state index in [0.29, 0.717) is 5.75 Å². The highest BCUT2D eigenvalue weighted by atomic mass is 79.9. The maximum Gasteiger partial charge on any atom is 0.193 e. The molecule has 106 valence electrons. The highest BCUT2D eigenvalue weighted by Gasteiger charge is 2.06. The number of nitrogens with two attached hydrogens (primary N) is 2. The topological polar surface area (TPSA) is 88.2 Å². The third-order valence-corrected chi connectivity index (χ3v) is 4.29. The third-order valence-electron chi connectivity index (χ3n) is 2.54. The molecule has 0 unspecified atom stereocenters. The van der Waals surface area contributed by atoms with Crippen LogP contribution in [0.4, 0.5) is 0 Å². The Balaban J connectivity index is 0.00000200. The zero-order valence-corrected chi connectivity index (χ0v) is 13.7. The number of benzene rings is 2. The van der Waals surface area contributed by atoms with Gasteiger partial charge in [0.1, 0.15) is 0 Å². The normalized spacial score (nSPS) is 9.85. The van der Waals surface area contributed by atoms with Gasteiger partial charge in [-0.1, -0.05) is 48.2 Å². The fourth-order valence-electron chi connectivity index (χ4n) is 1.69. The maximum atomic E-state index is 7.60. The van der Waals surface area contributed by atoms with Crippen LogP contribution in [0.25, 0.3) is 10.8 Å². The summed E-state index contributed by atoms with van der Waals surface area (Å²) >= 11 is 4.90. The molecule has 7 heteroatoms. The minimum atomic E-state index is -0.0879. The second kappa shape index (κ2) is 7.52. The average Bonchev–Trinajstić information content (AvgIpc) is 2.37. The van der Waals surface area contributed by atoms with Crippen molar-refractivity contribution in [1.29, 1.82) is 5.41 Å². The molecule has 20 heavy (non-hydrogen) atoms. The van der Waals surface area contributed by atoms with Gasteiger partial charge in [-0.25, -0.2) is 0 Å². The summed E-state index contributed by atoms with van der Waals surface area (Å²) in [5.74, 6) is 0.552. The molecule has 0 radical (unpaired) electrons. The van der Waals surface area contributed by atoms with Crippen LogP contribution in [0.1, 0.15) is 5.56 Å². The van der Waals surface area contributed by atoms with E-state index in [-0.39, 0.29) is 23.5 Å². The van der Waals surface area contributed by atoms with Crippen LogP contribution in [0.3, 0.4) is 0 Å². The number of aliphatic imine (C=N–C) groups is 1. The van der Waals surface area contributed by atoms with Crippen molar-refractivity contribution in [3.8, 4) is 0 Å². The fraction of sp³-hybridized carbons (Fsp3) is 0.0769. The van der Waals surface area contributed by atoms with Gasteiger partial charge in [0, 0.05) is 10.2 Å². The Bertz CT molecular complexity index is 656. The van der Waals surface area contributed by atoms with Gasteiger partial charge in [0.15, 0.2) is 11.1 Å². The molecule has 2 aromatic rings. The number of fused-ring (bicyclic) bond motifs is 1. The number of guanidine groups is 1. The predicted molar refractivity (Wildman–Crippen MR) is 93.7 cm³/mol. The zero-order chi connectivity index (χ0) is 13.8. The van der Waals surface area contributed by atoms with Crippen molar-refractivity contribution in [3.05, 3.63) is 46.4 Å². The van der Waals surface area contributed by atoms with E-state index < -0.39 is 0 Å². The lowest BCUT2D eigenvalue weighted by Gasteiger charge is -2.07. The molecule has 0 aliphatic rings. The van der Waals surface area contributed by atoms with Gasteiger partial charge in [-0.15, -0.1) is 12.4 Å². The lowest BCUT2D eigenvalue weighted by atomic mass is 10.1. The highest BCUT2D eigenvalue weighted by molar-refractivity contribution is 9.10. The molecule has 0 fully saturated rings. The van der Waals surface area contributed by atoms with E-state index in [9.17, 15) is 0 Å². The first-order chi connectivity index (χ1) is 9.08. The smallest absolute Gasteiger partial charge is 0.193 e. The summed E-state index contributed by atoms with van der Waals surface area (Å²) in [6.07, 6.45) is 0. The van der Waals surface area contributed by atoms with Gasteiger partial charge in [-0.2, -0.15) is 4.99 Å². The first-order valence-electron chi connectivity index (χ1n) is 5.55. The first kappa shape index (κ1) is 16.8. The lowest BCUT2D eigenvalue weighted by Crippen LogP contribution is -2.23. The second-order valence-electron chi connectivity index (χ2n) is 3.89. The number of nitrogens with one attached hydrogen (secondary N) is 1. The number of hydrogen-bond acceptors (Lipinski definition) is 2. The Labute approximate surface area is 136 Å². The Morgan fingerprint density at radius 3 is 2.60 bits per heavy atom. The standard InChI is InChI=1S/C13H13BrN4S.ClH/c14-11-9(7-19-13(17)18-12(15)16)6-5-8-3-1-2-4-10(8)11;/h1-6H,7H2,(H5,15,16,17,18);1H. The molecule has 0 aromatic heterocycles. The van der Waals surface area contributed by atoms with Gasteiger partial charge in [0.05, 0.1) is 0 Å². The van der Waals surface area contributed by atoms with Crippen LogP contribution < -0.4 is 11.5 Å². The number of amidine groups is 1. The van der Waals surface area contributed by atoms with E-state index in [2.05, 4.69) is 39.1 Å². The molecule has 4 nitrogen and oxygen atoms in total. The molecule has 2 rings (SSSR count). The molecule has 0 heterocycles. The van der Waals surface area contributed by atoms with E-state index in [0.717, 1.165) is 15.4 Å². The quantitative estimate of drug-likeness (QED) is 0.556. The van der Waals surface area contributed by atoms with Crippen molar-refractivity contribution in [2.24, 2.45) is 16.5 Å². The minimum absolute atomic E-state index is 0. The highest BCUT2D eigenvalue weighted by Crippen LogP contribution is 2.30. The summed E-state index contributed by atoms with van der Waals surface area (Å²) in [6.45, 7) is 0. The molecule has 0 bridgehead atoms. The van der Waals surface area contributed by atoms with E-state index >= 15 is 0 Å². The molecule has 0 saturated heterocycles. The van der Waals surface area contributed by atoms with Crippen molar-refractivity contribution in [2.75, 3.05) is 0 Å². The second-order valence-corrected chi connectivity index (χ2v) is 5.65. The largest absolute Gasteiger partial charge is 0.370 e. The van der Waals surface area contributed by atoms with Crippen molar-refractivity contribution < 1.29 is 0 Å². The van der Waals surface area contributed by atoms with Gasteiger partial charge in [0.25, 0.3) is 0 Å². The molecule has 0 aliphatic heterocycles. The Morgan fingerprint density at radius 2 is 1.90 bits per heavy atom. The zero-order valence-electron chi connectivity index (χ0n) is 10.5. The summed E-state index contributed by atoms with van der Waals surface area (Å²) in [6, 6.07) is 12.3. The fourth-order valence-corrected chi connectivity index (χ4v) is 3.21. The van der Waals surface area contributed by atoms with Gasteiger partial charge >= 0.3 is 0 Å². The summed E-state index contributed by atoms with van der Waals surface area (Å²) in [4.78, 5) is 3.69. The number of halogens is 2. The number of hydrogen-bond donors (Lipinski definition) is 3. The average molecular weight is 374 g/mol. The van der Waals surface area contributed by atoms with Gasteiger partial charge in [-0.3, -0.25) is 5.41 Å². The maximum absolute atomic E-state index is 7.60. The van der Waals surface area contributed by atoms with Crippen LogP contribution in [0.5, 0.6) is 0 Å². The van der Waals surface area contributed by atoms with Gasteiger partial charge in [-0.05, 0) is 32.3 Å². The van der Waals surface area contributed by atoms with E-state index in [1.54, 1.807) is 0 Å². The molecule has 0 aliphatic carbocycles. The number of nitrogens with zero attached hydrogens (tertiary/aromatic N) is 1. The van der Waals surface area contributed by atoms with Crippen molar-refractivity contribution in [1.82, 2.24) is 0 Å². The summed E-state index contributed by atoms with van der Waals surface area (Å²) in [5, 5.41) is 10.1. The molecule has 0 spiro atoms. The molecule has 5 N–H and O–H groups in total. The van der Waals surface area contributed by atoms with Crippen LogP contribution in [0, 0.1) is 5.41 Å². The Kier molecular flexibility index (Phi) is 6.32. The molecule has 0 saturated carbocycles. The lowest BCUT2D eigenvalue weighted by molar-refractivity contribution is 1.40. The minimum Gasteiger partial charge on any atom is -0.370 e. The van der Waals surface area contributed by atoms with Crippen LogP contribution >= 0.6 is 40.1 Å². The number of rotatable bonds is 2. The Morgan fingerprint density at radius 1 is 1.20 bits per heavy atom. The molecule has 2 aromatic carbocycles. The van der Waals surface area contributed by atoms with E-state index in [1.807, 2.05) is 18.2 Å². The third kappa shape index (κ3) is 4.13. The van der Waals surface area contributed by atoms with Crippen molar-refractivity contribution in [3.63, 3.8) is 0 Å². The monoisotopic (exact) mass is 372 g/mol. The predicted octanol–water partition coefficient (Wildman–Crippen LogP) is 3.47. The van der Waals surface area contributed by atoms with Gasteiger partial charge < -0.3 is 11.5 Å². The molecular weight excluding hydrogens is 360 g/mol. The summed E-state index contributed by atoms with van der Waals surface area (Å²) < 4.78 is 1.05. The van der Waals surface area contributed by atoms with Crippen LogP contribution in [-0.4, -0.2) is 11.1 Å².